The summed E-state index contributed by atoms with van der Waals surface area (Å²) in [6.45, 7) is 0. The molecule has 0 unspecified atom stereocenters. The van der Waals surface area contributed by atoms with Crippen LogP contribution in [0.25, 0.3) is 10.9 Å². The van der Waals surface area contributed by atoms with Crippen molar-refractivity contribution in [3.8, 4) is 0 Å². The van der Waals surface area contributed by atoms with Gasteiger partial charge in [-0.3, -0.25) is 4.98 Å². The van der Waals surface area contributed by atoms with Gasteiger partial charge in [-0.15, -0.1) is 0 Å². The molecule has 4 nitrogen and oxygen atoms in total. The molecule has 3 rings (SSSR count). The summed E-state index contributed by atoms with van der Waals surface area (Å²) >= 11 is 1.56. The molecule has 0 saturated heterocycles. The molecule has 0 radical (unpaired) electrons. The number of nitrogens with two attached hydrogens (primary N) is 1. The van der Waals surface area contributed by atoms with E-state index >= 15 is 0 Å². The fraction of sp³-hybridized carbons (Fsp3) is 0. The molecule has 18 heavy (non-hydrogen) atoms. The molecular weight excluding hydrogens is 244 g/mol. The lowest BCUT2D eigenvalue weighted by Gasteiger charge is -2.05. The van der Waals surface area contributed by atoms with Crippen LogP contribution in [-0.4, -0.2) is 15.0 Å². The van der Waals surface area contributed by atoms with Gasteiger partial charge in [-0.25, -0.2) is 9.97 Å². The van der Waals surface area contributed by atoms with Crippen molar-refractivity contribution in [2.45, 2.75) is 9.92 Å². The average Bonchev–Trinajstić information content (AvgIpc) is 2.40. The quantitative estimate of drug-likeness (QED) is 0.712. The SMILES string of the molecule is Nc1nc(Sc2ccncc2)c2ccccc2n1. The van der Waals surface area contributed by atoms with E-state index in [0.717, 1.165) is 20.8 Å². The zero-order valence-corrected chi connectivity index (χ0v) is 10.3. The van der Waals surface area contributed by atoms with Gasteiger partial charge in [-0.1, -0.05) is 30.0 Å². The molecule has 0 amide bonds. The zero-order chi connectivity index (χ0) is 12.4. The van der Waals surface area contributed by atoms with Gasteiger partial charge in [0.2, 0.25) is 5.95 Å². The molecule has 5 heteroatoms. The maximum absolute atomic E-state index is 5.73. The second-order valence-electron chi connectivity index (χ2n) is 3.69. The van der Waals surface area contributed by atoms with Gasteiger partial charge < -0.3 is 5.73 Å². The average molecular weight is 254 g/mol. The zero-order valence-electron chi connectivity index (χ0n) is 9.45. The van der Waals surface area contributed by atoms with Crippen LogP contribution >= 0.6 is 11.8 Å². The minimum Gasteiger partial charge on any atom is -0.368 e. The van der Waals surface area contributed by atoms with Gasteiger partial charge in [0.15, 0.2) is 0 Å². The highest BCUT2D eigenvalue weighted by Crippen LogP contribution is 2.31. The van der Waals surface area contributed by atoms with Crippen molar-refractivity contribution in [2.24, 2.45) is 0 Å². The van der Waals surface area contributed by atoms with E-state index in [1.807, 2.05) is 36.4 Å². The van der Waals surface area contributed by atoms with E-state index in [-0.39, 0.29) is 0 Å². The van der Waals surface area contributed by atoms with Crippen LogP contribution in [0.3, 0.4) is 0 Å². The Kier molecular flexibility index (Phi) is 2.82. The molecule has 0 saturated carbocycles. The Bertz CT molecular complexity index is 685. The number of rotatable bonds is 2. The Morgan fingerprint density at radius 3 is 2.56 bits per heavy atom. The summed E-state index contributed by atoms with van der Waals surface area (Å²) < 4.78 is 0. The van der Waals surface area contributed by atoms with Gasteiger partial charge in [0.25, 0.3) is 0 Å². The molecule has 0 fully saturated rings. The van der Waals surface area contributed by atoms with Crippen molar-refractivity contribution in [3.05, 3.63) is 48.8 Å². The largest absolute Gasteiger partial charge is 0.368 e. The first kappa shape index (κ1) is 11.0. The van der Waals surface area contributed by atoms with Crippen molar-refractivity contribution in [2.75, 3.05) is 5.73 Å². The second-order valence-corrected chi connectivity index (χ2v) is 4.75. The number of nitrogens with zero attached hydrogens (tertiary/aromatic N) is 3. The summed E-state index contributed by atoms with van der Waals surface area (Å²) in [4.78, 5) is 13.6. The fourth-order valence-electron chi connectivity index (χ4n) is 1.66. The number of anilines is 1. The minimum absolute atomic E-state index is 0.297. The number of fused-ring (bicyclic) bond motifs is 1. The van der Waals surface area contributed by atoms with Crippen molar-refractivity contribution in [1.82, 2.24) is 15.0 Å². The summed E-state index contributed by atoms with van der Waals surface area (Å²) in [5.74, 6) is 0.297. The van der Waals surface area contributed by atoms with Crippen molar-refractivity contribution < 1.29 is 0 Å². The molecule has 0 atom stereocenters. The van der Waals surface area contributed by atoms with E-state index in [2.05, 4.69) is 15.0 Å². The van der Waals surface area contributed by atoms with Gasteiger partial charge >= 0.3 is 0 Å². The number of pyridine rings is 1. The van der Waals surface area contributed by atoms with Crippen molar-refractivity contribution >= 4 is 28.6 Å². The molecule has 2 N–H and O–H groups in total. The van der Waals surface area contributed by atoms with Gasteiger partial charge in [0, 0.05) is 22.7 Å². The van der Waals surface area contributed by atoms with Crippen LogP contribution < -0.4 is 5.73 Å². The maximum atomic E-state index is 5.73. The molecular formula is C13H10N4S. The lowest BCUT2D eigenvalue weighted by molar-refractivity contribution is 1.12. The van der Waals surface area contributed by atoms with Crippen LogP contribution in [0.15, 0.2) is 58.7 Å². The third-order valence-electron chi connectivity index (χ3n) is 2.45. The van der Waals surface area contributed by atoms with Crippen molar-refractivity contribution in [1.29, 1.82) is 0 Å². The van der Waals surface area contributed by atoms with Crippen LogP contribution in [-0.2, 0) is 0 Å². The monoisotopic (exact) mass is 254 g/mol. The third kappa shape index (κ3) is 2.12. The van der Waals surface area contributed by atoms with Gasteiger partial charge in [-0.05, 0) is 18.2 Å². The molecule has 2 heterocycles. The summed E-state index contributed by atoms with van der Waals surface area (Å²) in [7, 11) is 0. The van der Waals surface area contributed by atoms with Crippen LogP contribution in [0.5, 0.6) is 0 Å². The van der Waals surface area contributed by atoms with E-state index in [0.29, 0.717) is 5.95 Å². The molecule has 3 aromatic rings. The summed E-state index contributed by atoms with van der Waals surface area (Å²) in [5.41, 5.74) is 6.59. The Labute approximate surface area is 108 Å². The van der Waals surface area contributed by atoms with Crippen molar-refractivity contribution in [3.63, 3.8) is 0 Å². The third-order valence-corrected chi connectivity index (χ3v) is 3.46. The molecule has 0 spiro atoms. The first-order valence-electron chi connectivity index (χ1n) is 5.43. The fourth-order valence-corrected chi connectivity index (χ4v) is 2.56. The highest BCUT2D eigenvalue weighted by molar-refractivity contribution is 7.99. The molecule has 0 bridgehead atoms. The van der Waals surface area contributed by atoms with Crippen LogP contribution in [0.1, 0.15) is 0 Å². The number of benzene rings is 1. The topological polar surface area (TPSA) is 64.7 Å². The van der Waals surface area contributed by atoms with E-state index in [1.165, 1.54) is 0 Å². The number of hydrogen-bond donors (Lipinski definition) is 1. The lowest BCUT2D eigenvalue weighted by Crippen LogP contribution is -1.96. The summed E-state index contributed by atoms with van der Waals surface area (Å²) in [6, 6.07) is 11.7. The Morgan fingerprint density at radius 1 is 0.944 bits per heavy atom. The van der Waals surface area contributed by atoms with Gasteiger partial charge in [0.05, 0.1) is 5.52 Å². The Morgan fingerprint density at radius 2 is 1.72 bits per heavy atom. The van der Waals surface area contributed by atoms with Crippen LogP contribution in [0.2, 0.25) is 0 Å². The number of nitrogen functional groups attached to an aromatic ring is 1. The Hall–Kier alpha value is -2.14. The number of aromatic nitrogens is 3. The lowest BCUT2D eigenvalue weighted by atomic mass is 10.2. The predicted molar refractivity (Wildman–Crippen MR) is 72.3 cm³/mol. The van der Waals surface area contributed by atoms with Crippen LogP contribution in [0, 0.1) is 0 Å². The predicted octanol–water partition coefficient (Wildman–Crippen LogP) is 2.76. The minimum atomic E-state index is 0.297. The summed E-state index contributed by atoms with van der Waals surface area (Å²) in [6.07, 6.45) is 3.52. The van der Waals surface area contributed by atoms with E-state index in [1.54, 1.807) is 24.2 Å². The first-order valence-corrected chi connectivity index (χ1v) is 6.25. The highest BCUT2D eigenvalue weighted by atomic mass is 32.2. The number of para-hydroxylation sites is 1. The standard InChI is InChI=1S/C13H10N4S/c14-13-16-11-4-2-1-3-10(11)12(17-13)18-9-5-7-15-8-6-9/h1-8H,(H2,14,16,17). The molecule has 0 aliphatic rings. The molecule has 0 aliphatic carbocycles. The van der Waals surface area contributed by atoms with E-state index in [4.69, 9.17) is 5.73 Å². The molecule has 88 valence electrons. The number of hydrogen-bond acceptors (Lipinski definition) is 5. The van der Waals surface area contributed by atoms with E-state index in [9.17, 15) is 0 Å². The Balaban J connectivity index is 2.11. The van der Waals surface area contributed by atoms with Crippen LogP contribution in [0.4, 0.5) is 5.95 Å². The van der Waals surface area contributed by atoms with Gasteiger partial charge in [0.1, 0.15) is 5.03 Å². The highest BCUT2D eigenvalue weighted by Gasteiger charge is 2.07. The molecule has 0 aliphatic heterocycles. The first-order chi connectivity index (χ1) is 8.83. The normalized spacial score (nSPS) is 10.7. The second kappa shape index (κ2) is 4.62. The maximum Gasteiger partial charge on any atom is 0.221 e. The molecule has 2 aromatic heterocycles. The van der Waals surface area contributed by atoms with E-state index < -0.39 is 0 Å². The summed E-state index contributed by atoms with van der Waals surface area (Å²) in [5, 5.41) is 1.87. The smallest absolute Gasteiger partial charge is 0.221 e. The molecule has 1 aromatic carbocycles. The van der Waals surface area contributed by atoms with Gasteiger partial charge in [-0.2, -0.15) is 0 Å².